The molecule has 4 nitrogen and oxygen atoms in total. The van der Waals surface area contributed by atoms with Crippen LogP contribution in [0.25, 0.3) is 0 Å². The van der Waals surface area contributed by atoms with Gasteiger partial charge in [0.1, 0.15) is 6.10 Å². The first kappa shape index (κ1) is 11.9. The van der Waals surface area contributed by atoms with Crippen LogP contribution in [0.4, 0.5) is 0 Å². The third-order valence-electron chi connectivity index (χ3n) is 3.76. The molecule has 2 unspecified atom stereocenters. The Morgan fingerprint density at radius 3 is 2.56 bits per heavy atom. The number of ether oxygens (including phenoxy) is 1. The van der Waals surface area contributed by atoms with Crippen LogP contribution < -0.4 is 10.6 Å². The molecule has 2 saturated heterocycles. The molecule has 2 atom stereocenters. The fourth-order valence-electron chi connectivity index (χ4n) is 2.93. The summed E-state index contributed by atoms with van der Waals surface area (Å²) < 4.78 is 6.05. The second-order valence-corrected chi connectivity index (χ2v) is 5.31. The van der Waals surface area contributed by atoms with Crippen molar-refractivity contribution in [3.05, 3.63) is 0 Å². The van der Waals surface area contributed by atoms with Crippen LogP contribution in [0.1, 0.15) is 33.6 Å². The van der Waals surface area contributed by atoms with Crippen LogP contribution in [-0.4, -0.2) is 36.7 Å². The van der Waals surface area contributed by atoms with Crippen molar-refractivity contribution in [2.45, 2.75) is 51.4 Å². The van der Waals surface area contributed by atoms with E-state index in [-0.39, 0.29) is 23.7 Å². The predicted octanol–water partition coefficient (Wildman–Crippen LogP) is 0.668. The summed E-state index contributed by atoms with van der Waals surface area (Å²) in [5.74, 6) is 0.442. The molecule has 0 saturated carbocycles. The van der Waals surface area contributed by atoms with Crippen molar-refractivity contribution in [3.8, 4) is 0 Å². The van der Waals surface area contributed by atoms with E-state index in [2.05, 4.69) is 24.5 Å². The Balaban J connectivity index is 2.21. The fraction of sp³-hybridized carbons (Fsp3) is 0.917. The molecule has 2 N–H and O–H groups in total. The Hall–Kier alpha value is -0.610. The van der Waals surface area contributed by atoms with Crippen LogP contribution in [0.2, 0.25) is 0 Å². The van der Waals surface area contributed by atoms with Gasteiger partial charge in [0, 0.05) is 0 Å². The average Bonchev–Trinajstić information content (AvgIpc) is 2.24. The van der Waals surface area contributed by atoms with Gasteiger partial charge < -0.3 is 15.4 Å². The van der Waals surface area contributed by atoms with Crippen molar-refractivity contribution in [2.24, 2.45) is 5.92 Å². The Morgan fingerprint density at radius 2 is 2.00 bits per heavy atom. The number of carbonyl (C=O) groups excluding carboxylic acids is 1. The molecular formula is C12H22N2O2. The molecule has 92 valence electrons. The molecule has 1 amide bonds. The van der Waals surface area contributed by atoms with Crippen molar-refractivity contribution in [2.75, 3.05) is 13.1 Å². The molecule has 0 bridgehead atoms. The quantitative estimate of drug-likeness (QED) is 0.691. The summed E-state index contributed by atoms with van der Waals surface area (Å²) in [6.07, 6.45) is 1.66. The topological polar surface area (TPSA) is 50.4 Å². The first-order valence-corrected chi connectivity index (χ1v) is 6.24. The fourth-order valence-corrected chi connectivity index (χ4v) is 2.93. The standard InChI is InChI=1S/C12H22N2O2/c1-8(2)10-12(4-6-13-7-5-12)16-9(3)11(15)14-10/h8-10,13H,4-7H2,1-3H3,(H,14,15). The van der Waals surface area contributed by atoms with Gasteiger partial charge >= 0.3 is 0 Å². The van der Waals surface area contributed by atoms with Gasteiger partial charge in [0.15, 0.2) is 0 Å². The number of nitrogens with one attached hydrogen (secondary N) is 2. The van der Waals surface area contributed by atoms with E-state index in [9.17, 15) is 4.79 Å². The number of rotatable bonds is 1. The normalized spacial score (nSPS) is 34.1. The van der Waals surface area contributed by atoms with Crippen LogP contribution in [0, 0.1) is 5.92 Å². The molecule has 2 aliphatic heterocycles. The summed E-state index contributed by atoms with van der Waals surface area (Å²) in [5, 5.41) is 6.48. The van der Waals surface area contributed by atoms with E-state index in [1.165, 1.54) is 0 Å². The zero-order valence-corrected chi connectivity index (χ0v) is 10.4. The van der Waals surface area contributed by atoms with E-state index in [4.69, 9.17) is 4.74 Å². The van der Waals surface area contributed by atoms with Gasteiger partial charge in [-0.15, -0.1) is 0 Å². The minimum Gasteiger partial charge on any atom is -0.360 e. The van der Waals surface area contributed by atoms with E-state index in [0.717, 1.165) is 25.9 Å². The second kappa shape index (κ2) is 4.34. The molecule has 0 aromatic carbocycles. The molecule has 0 aromatic rings. The molecular weight excluding hydrogens is 204 g/mol. The average molecular weight is 226 g/mol. The van der Waals surface area contributed by atoms with Gasteiger partial charge in [0.05, 0.1) is 11.6 Å². The molecule has 4 heteroatoms. The molecule has 0 radical (unpaired) electrons. The summed E-state index contributed by atoms with van der Waals surface area (Å²) in [6.45, 7) is 8.09. The zero-order valence-electron chi connectivity index (χ0n) is 10.4. The summed E-state index contributed by atoms with van der Waals surface area (Å²) in [7, 11) is 0. The minimum absolute atomic E-state index is 0.0304. The highest BCUT2D eigenvalue weighted by molar-refractivity contribution is 5.81. The van der Waals surface area contributed by atoms with Gasteiger partial charge in [0.2, 0.25) is 5.91 Å². The maximum atomic E-state index is 11.7. The first-order chi connectivity index (χ1) is 7.55. The summed E-state index contributed by atoms with van der Waals surface area (Å²) in [6, 6.07) is 0.151. The van der Waals surface area contributed by atoms with Crippen LogP contribution in [0.15, 0.2) is 0 Å². The van der Waals surface area contributed by atoms with Crippen LogP contribution in [-0.2, 0) is 9.53 Å². The van der Waals surface area contributed by atoms with E-state index in [1.807, 2.05) is 6.92 Å². The first-order valence-electron chi connectivity index (χ1n) is 6.24. The SMILES string of the molecule is CC1OC2(CCNCC2)C(C(C)C)NC1=O. The smallest absolute Gasteiger partial charge is 0.249 e. The second-order valence-electron chi connectivity index (χ2n) is 5.31. The summed E-state index contributed by atoms with van der Waals surface area (Å²) >= 11 is 0. The maximum Gasteiger partial charge on any atom is 0.249 e. The summed E-state index contributed by atoms with van der Waals surface area (Å²) in [5.41, 5.74) is -0.146. The van der Waals surface area contributed by atoms with E-state index < -0.39 is 0 Å². The number of hydrogen-bond acceptors (Lipinski definition) is 3. The van der Waals surface area contributed by atoms with Gasteiger partial charge in [-0.25, -0.2) is 0 Å². The van der Waals surface area contributed by atoms with E-state index >= 15 is 0 Å². The largest absolute Gasteiger partial charge is 0.360 e. The number of piperidine rings is 1. The van der Waals surface area contributed by atoms with Gasteiger partial charge in [-0.3, -0.25) is 4.79 Å². The van der Waals surface area contributed by atoms with E-state index in [1.54, 1.807) is 0 Å². The maximum absolute atomic E-state index is 11.7. The van der Waals surface area contributed by atoms with Crippen molar-refractivity contribution in [3.63, 3.8) is 0 Å². The monoisotopic (exact) mass is 226 g/mol. The highest BCUT2D eigenvalue weighted by Gasteiger charge is 2.48. The highest BCUT2D eigenvalue weighted by atomic mass is 16.5. The lowest BCUT2D eigenvalue weighted by Crippen LogP contribution is -2.67. The Kier molecular flexibility index (Phi) is 3.22. The van der Waals surface area contributed by atoms with Crippen LogP contribution in [0.5, 0.6) is 0 Å². The van der Waals surface area contributed by atoms with Crippen molar-refractivity contribution in [1.29, 1.82) is 0 Å². The lowest BCUT2D eigenvalue weighted by atomic mass is 9.78. The van der Waals surface area contributed by atoms with Gasteiger partial charge in [-0.2, -0.15) is 0 Å². The zero-order chi connectivity index (χ0) is 11.8. The Bertz CT molecular complexity index is 272. The van der Waals surface area contributed by atoms with Gasteiger partial charge in [0.25, 0.3) is 0 Å². The third-order valence-corrected chi connectivity index (χ3v) is 3.76. The molecule has 0 aliphatic carbocycles. The molecule has 2 rings (SSSR count). The molecule has 1 spiro atoms. The molecule has 2 fully saturated rings. The van der Waals surface area contributed by atoms with Crippen molar-refractivity contribution >= 4 is 5.91 Å². The van der Waals surface area contributed by atoms with Crippen LogP contribution in [0.3, 0.4) is 0 Å². The van der Waals surface area contributed by atoms with Gasteiger partial charge in [-0.1, -0.05) is 13.8 Å². The highest BCUT2D eigenvalue weighted by Crippen LogP contribution is 2.34. The number of hydrogen-bond donors (Lipinski definition) is 2. The van der Waals surface area contributed by atoms with Gasteiger partial charge in [-0.05, 0) is 38.8 Å². The Labute approximate surface area is 97.1 Å². The van der Waals surface area contributed by atoms with Crippen molar-refractivity contribution in [1.82, 2.24) is 10.6 Å². The molecule has 2 aliphatic rings. The number of amides is 1. The van der Waals surface area contributed by atoms with Crippen LogP contribution >= 0.6 is 0 Å². The molecule has 0 aromatic heterocycles. The third kappa shape index (κ3) is 1.96. The summed E-state index contributed by atoms with van der Waals surface area (Å²) in [4.78, 5) is 11.7. The Morgan fingerprint density at radius 1 is 1.38 bits per heavy atom. The minimum atomic E-state index is -0.312. The molecule has 16 heavy (non-hydrogen) atoms. The lowest BCUT2D eigenvalue weighted by Gasteiger charge is -2.50. The predicted molar refractivity (Wildman–Crippen MR) is 62.2 cm³/mol. The number of carbonyl (C=O) groups is 1. The van der Waals surface area contributed by atoms with E-state index in [0.29, 0.717) is 5.92 Å². The number of morpholine rings is 1. The molecule has 2 heterocycles. The lowest BCUT2D eigenvalue weighted by molar-refractivity contribution is -0.179. The van der Waals surface area contributed by atoms with Crippen molar-refractivity contribution < 1.29 is 9.53 Å².